The smallest absolute Gasteiger partial charge is 0.119 e. The molecule has 138 valence electrons. The number of ether oxygens (including phenoxy) is 1. The summed E-state index contributed by atoms with van der Waals surface area (Å²) in [7, 11) is 0. The van der Waals surface area contributed by atoms with Gasteiger partial charge in [0.25, 0.3) is 0 Å². The summed E-state index contributed by atoms with van der Waals surface area (Å²) in [4.78, 5) is 0. The first-order valence-electron chi connectivity index (χ1n) is 9.09. The fraction of sp³-hybridized carbons (Fsp3) is 0.167. The van der Waals surface area contributed by atoms with Crippen molar-refractivity contribution in [3.05, 3.63) is 102 Å². The minimum absolute atomic E-state index is 0.672. The van der Waals surface area contributed by atoms with Gasteiger partial charge in [0.2, 0.25) is 0 Å². The van der Waals surface area contributed by atoms with Crippen LogP contribution in [-0.2, 0) is 0 Å². The Balaban J connectivity index is 1.92. The molecule has 3 aromatic carbocycles. The number of rotatable bonds is 8. The van der Waals surface area contributed by atoms with Crippen LogP contribution in [0.5, 0.6) is 5.75 Å². The molecule has 0 spiro atoms. The Kier molecular flexibility index (Phi) is 7.38. The summed E-state index contributed by atoms with van der Waals surface area (Å²) in [5.41, 5.74) is 4.15. The van der Waals surface area contributed by atoms with E-state index in [-0.39, 0.29) is 0 Å². The molecule has 0 heterocycles. The van der Waals surface area contributed by atoms with Crippen LogP contribution in [0.15, 0.2) is 84.9 Å². The largest absolute Gasteiger partial charge is 0.494 e. The average molecular weight is 397 g/mol. The van der Waals surface area contributed by atoms with Gasteiger partial charge >= 0.3 is 0 Å². The first kappa shape index (κ1) is 19.5. The van der Waals surface area contributed by atoms with E-state index in [2.05, 4.69) is 24.3 Å². The van der Waals surface area contributed by atoms with E-state index in [1.807, 2.05) is 60.7 Å². The van der Waals surface area contributed by atoms with Crippen LogP contribution in [0, 0.1) is 0 Å². The van der Waals surface area contributed by atoms with Gasteiger partial charge in [-0.15, -0.1) is 11.6 Å². The van der Waals surface area contributed by atoms with Gasteiger partial charge in [-0.05, 0) is 41.7 Å². The van der Waals surface area contributed by atoms with E-state index in [4.69, 9.17) is 27.9 Å². The Morgan fingerprint density at radius 2 is 1.22 bits per heavy atom. The highest BCUT2D eigenvalue weighted by atomic mass is 35.5. The lowest BCUT2D eigenvalue weighted by molar-refractivity contribution is 0.309. The lowest BCUT2D eigenvalue weighted by Gasteiger charge is -2.13. The number of alkyl halides is 1. The lowest BCUT2D eigenvalue weighted by atomic mass is 9.95. The normalized spacial score (nSPS) is 11.8. The zero-order valence-electron chi connectivity index (χ0n) is 15.1. The molecule has 0 aliphatic rings. The third-order valence-electron chi connectivity index (χ3n) is 4.25. The van der Waals surface area contributed by atoms with Gasteiger partial charge in [0.15, 0.2) is 0 Å². The Hall–Kier alpha value is -2.22. The molecule has 0 aromatic heterocycles. The summed E-state index contributed by atoms with van der Waals surface area (Å²) in [6, 6.07) is 28.4. The van der Waals surface area contributed by atoms with Gasteiger partial charge < -0.3 is 4.74 Å². The van der Waals surface area contributed by atoms with Crippen molar-refractivity contribution >= 4 is 33.8 Å². The van der Waals surface area contributed by atoms with Crippen LogP contribution in [0.25, 0.3) is 10.6 Å². The number of halogens is 2. The SMILES string of the molecule is ClCCCCOc1ccc(/C(=C(\Cl)c2ccccc2)c2ccccc2)cc1. The number of benzene rings is 3. The molecule has 0 saturated carbocycles. The number of hydrogen-bond acceptors (Lipinski definition) is 1. The summed E-state index contributed by atoms with van der Waals surface area (Å²) in [6.45, 7) is 0.679. The highest BCUT2D eigenvalue weighted by molar-refractivity contribution is 6.53. The van der Waals surface area contributed by atoms with E-state index in [0.29, 0.717) is 12.5 Å². The molecular formula is C24H22Cl2O. The molecule has 3 rings (SSSR count). The van der Waals surface area contributed by atoms with E-state index in [1.165, 1.54) is 0 Å². The molecule has 0 aliphatic heterocycles. The maximum atomic E-state index is 6.84. The van der Waals surface area contributed by atoms with Crippen LogP contribution in [0.2, 0.25) is 0 Å². The van der Waals surface area contributed by atoms with Crippen LogP contribution in [0.3, 0.4) is 0 Å². The monoisotopic (exact) mass is 396 g/mol. The number of unbranched alkanes of at least 4 members (excludes halogenated alkanes) is 1. The molecule has 0 amide bonds. The van der Waals surface area contributed by atoms with Crippen LogP contribution >= 0.6 is 23.2 Å². The molecule has 0 radical (unpaired) electrons. The van der Waals surface area contributed by atoms with Crippen molar-refractivity contribution in [2.24, 2.45) is 0 Å². The summed E-state index contributed by atoms with van der Waals surface area (Å²) in [5, 5.41) is 0.734. The molecule has 3 aromatic rings. The minimum atomic E-state index is 0.672. The molecule has 0 atom stereocenters. The van der Waals surface area contributed by atoms with Crippen LogP contribution in [0.4, 0.5) is 0 Å². The van der Waals surface area contributed by atoms with Crippen molar-refractivity contribution in [2.75, 3.05) is 12.5 Å². The Bertz CT molecular complexity index is 856. The van der Waals surface area contributed by atoms with Gasteiger partial charge in [0.1, 0.15) is 5.75 Å². The third-order valence-corrected chi connectivity index (χ3v) is 4.92. The van der Waals surface area contributed by atoms with Gasteiger partial charge in [-0.3, -0.25) is 0 Å². The van der Waals surface area contributed by atoms with Gasteiger partial charge in [-0.25, -0.2) is 0 Å². The zero-order chi connectivity index (χ0) is 18.9. The van der Waals surface area contributed by atoms with Crippen molar-refractivity contribution in [2.45, 2.75) is 12.8 Å². The highest BCUT2D eigenvalue weighted by Gasteiger charge is 2.12. The quantitative estimate of drug-likeness (QED) is 0.221. The molecule has 1 nitrogen and oxygen atoms in total. The maximum Gasteiger partial charge on any atom is 0.119 e. The molecule has 0 bridgehead atoms. The Labute approximate surface area is 171 Å². The highest BCUT2D eigenvalue weighted by Crippen LogP contribution is 2.35. The second-order valence-electron chi connectivity index (χ2n) is 6.19. The molecule has 0 unspecified atom stereocenters. The topological polar surface area (TPSA) is 9.23 Å². The molecule has 0 fully saturated rings. The molecule has 0 saturated heterocycles. The van der Waals surface area contributed by atoms with Crippen molar-refractivity contribution in [1.29, 1.82) is 0 Å². The molecule has 27 heavy (non-hydrogen) atoms. The molecular weight excluding hydrogens is 375 g/mol. The van der Waals surface area contributed by atoms with Crippen molar-refractivity contribution in [3.63, 3.8) is 0 Å². The predicted octanol–water partition coefficient (Wildman–Crippen LogP) is 7.24. The van der Waals surface area contributed by atoms with Crippen molar-refractivity contribution < 1.29 is 4.74 Å². The van der Waals surface area contributed by atoms with E-state index >= 15 is 0 Å². The van der Waals surface area contributed by atoms with E-state index < -0.39 is 0 Å². The third kappa shape index (κ3) is 5.38. The van der Waals surface area contributed by atoms with Crippen molar-refractivity contribution in [3.8, 4) is 5.75 Å². The summed E-state index contributed by atoms with van der Waals surface area (Å²) >= 11 is 12.5. The molecule has 3 heteroatoms. The molecule has 0 aliphatic carbocycles. The van der Waals surface area contributed by atoms with Crippen LogP contribution < -0.4 is 4.74 Å². The predicted molar refractivity (Wildman–Crippen MR) is 117 cm³/mol. The van der Waals surface area contributed by atoms with Crippen LogP contribution in [0.1, 0.15) is 29.5 Å². The Morgan fingerprint density at radius 1 is 0.667 bits per heavy atom. The standard InChI is InChI=1S/C24H22Cl2O/c25-17-7-8-18-27-22-15-13-20(14-16-22)23(19-9-3-1-4-10-19)24(26)21-11-5-2-6-12-21/h1-6,9-16H,7-8,17-18H2/b24-23-. The van der Waals surface area contributed by atoms with E-state index in [9.17, 15) is 0 Å². The average Bonchev–Trinajstić information content (AvgIpc) is 2.74. The summed E-state index contributed by atoms with van der Waals surface area (Å²) < 4.78 is 5.79. The van der Waals surface area contributed by atoms with Gasteiger partial charge in [-0.2, -0.15) is 0 Å². The summed E-state index contributed by atoms with van der Waals surface area (Å²) in [5.74, 6) is 1.53. The van der Waals surface area contributed by atoms with Gasteiger partial charge in [0.05, 0.1) is 11.6 Å². The molecule has 0 N–H and O–H groups in total. The van der Waals surface area contributed by atoms with E-state index in [1.54, 1.807) is 0 Å². The second-order valence-corrected chi connectivity index (χ2v) is 6.95. The Morgan fingerprint density at radius 3 is 1.81 bits per heavy atom. The van der Waals surface area contributed by atoms with Gasteiger partial charge in [0, 0.05) is 11.5 Å². The lowest BCUT2D eigenvalue weighted by Crippen LogP contribution is -1.98. The fourth-order valence-electron chi connectivity index (χ4n) is 2.86. The van der Waals surface area contributed by atoms with Crippen molar-refractivity contribution in [1.82, 2.24) is 0 Å². The first-order chi connectivity index (χ1) is 13.3. The summed E-state index contributed by atoms with van der Waals surface area (Å²) in [6.07, 6.45) is 1.92. The number of hydrogen-bond donors (Lipinski definition) is 0. The van der Waals surface area contributed by atoms with E-state index in [0.717, 1.165) is 45.9 Å². The van der Waals surface area contributed by atoms with Crippen LogP contribution in [-0.4, -0.2) is 12.5 Å². The maximum absolute atomic E-state index is 6.84. The second kappa shape index (κ2) is 10.2. The van der Waals surface area contributed by atoms with Gasteiger partial charge in [-0.1, -0.05) is 84.4 Å². The zero-order valence-corrected chi connectivity index (χ0v) is 16.6. The fourth-order valence-corrected chi connectivity index (χ4v) is 3.39. The first-order valence-corrected chi connectivity index (χ1v) is 10.0. The minimum Gasteiger partial charge on any atom is -0.494 e.